The smallest absolute Gasteiger partial charge is 0.226 e. The molecule has 0 unspecified atom stereocenters. The predicted molar refractivity (Wildman–Crippen MR) is 152 cm³/mol. The van der Waals surface area contributed by atoms with E-state index in [2.05, 4.69) is 44.4 Å². The Balaban J connectivity index is 1.13. The highest BCUT2D eigenvalue weighted by molar-refractivity contribution is 7.99. The summed E-state index contributed by atoms with van der Waals surface area (Å²) in [7, 11) is 2.03. The number of anilines is 3. The highest BCUT2D eigenvalue weighted by Crippen LogP contribution is 2.51. The molecule has 1 saturated carbocycles. The number of aliphatic hydroxyl groups excluding tert-OH is 1. The first-order chi connectivity index (χ1) is 18.9. The molecule has 3 aromatic rings. The molecule has 7 rings (SSSR count). The molecule has 0 bridgehead atoms. The molecule has 202 valence electrons. The van der Waals surface area contributed by atoms with Crippen molar-refractivity contribution in [3.05, 3.63) is 59.0 Å². The van der Waals surface area contributed by atoms with Gasteiger partial charge in [-0.1, -0.05) is 36.0 Å². The first-order valence-electron chi connectivity index (χ1n) is 13.9. The van der Waals surface area contributed by atoms with E-state index in [-0.39, 0.29) is 18.1 Å². The van der Waals surface area contributed by atoms with Crippen molar-refractivity contribution < 1.29 is 9.90 Å². The number of aliphatic hydroxyl groups is 1. The minimum Gasteiger partial charge on any atom is -0.390 e. The van der Waals surface area contributed by atoms with Crippen molar-refractivity contribution in [3.8, 4) is 0 Å². The molecule has 9 heteroatoms. The van der Waals surface area contributed by atoms with Gasteiger partial charge in [0.1, 0.15) is 10.7 Å². The molecule has 0 radical (unpaired) electrons. The van der Waals surface area contributed by atoms with Crippen LogP contribution in [0.3, 0.4) is 0 Å². The average molecular weight is 543 g/mol. The molecule has 39 heavy (non-hydrogen) atoms. The van der Waals surface area contributed by atoms with Crippen molar-refractivity contribution in [2.45, 2.75) is 73.9 Å². The molecule has 2 aromatic heterocycles. The Hall–Kier alpha value is -3.17. The Morgan fingerprint density at radius 2 is 1.72 bits per heavy atom. The number of rotatable bonds is 4. The number of nitrogens with zero attached hydrogens (tertiary/aromatic N) is 5. The number of nitrogens with one attached hydrogen (secondary N) is 1. The monoisotopic (exact) mass is 542 g/mol. The molecule has 1 amide bonds. The summed E-state index contributed by atoms with van der Waals surface area (Å²) in [4.78, 5) is 32.6. The van der Waals surface area contributed by atoms with Gasteiger partial charge in [-0.15, -0.1) is 0 Å². The van der Waals surface area contributed by atoms with E-state index in [1.165, 1.54) is 22.9 Å². The number of piperidine rings is 1. The van der Waals surface area contributed by atoms with Crippen LogP contribution in [0, 0.1) is 12.3 Å². The fourth-order valence-electron chi connectivity index (χ4n) is 6.78. The largest absolute Gasteiger partial charge is 0.390 e. The van der Waals surface area contributed by atoms with E-state index in [1.54, 1.807) is 6.20 Å². The van der Waals surface area contributed by atoms with Crippen LogP contribution in [0.1, 0.15) is 54.6 Å². The number of benzene rings is 1. The molecule has 2 spiro atoms. The lowest BCUT2D eigenvalue weighted by Crippen LogP contribution is -2.41. The van der Waals surface area contributed by atoms with Gasteiger partial charge in [-0.25, -0.2) is 15.0 Å². The summed E-state index contributed by atoms with van der Waals surface area (Å²) in [6, 6.07) is 10.8. The topological polar surface area (TPSA) is 94.5 Å². The Morgan fingerprint density at radius 1 is 1.00 bits per heavy atom. The van der Waals surface area contributed by atoms with Gasteiger partial charge in [-0.05, 0) is 68.1 Å². The van der Waals surface area contributed by atoms with Crippen LogP contribution in [0.2, 0.25) is 0 Å². The van der Waals surface area contributed by atoms with Crippen LogP contribution in [0.4, 0.5) is 17.3 Å². The molecule has 2 fully saturated rings. The number of aryl methyl sites for hydroxylation is 1. The van der Waals surface area contributed by atoms with Gasteiger partial charge in [-0.3, -0.25) is 4.79 Å². The summed E-state index contributed by atoms with van der Waals surface area (Å²) in [6.07, 6.45) is 8.83. The lowest BCUT2D eigenvalue weighted by Gasteiger charge is -2.40. The second-order valence-electron chi connectivity index (χ2n) is 11.8. The summed E-state index contributed by atoms with van der Waals surface area (Å²) >= 11 is 1.47. The molecule has 1 saturated heterocycles. The predicted octanol–water partition coefficient (Wildman–Crippen LogP) is 4.52. The quantitative estimate of drug-likeness (QED) is 0.497. The van der Waals surface area contributed by atoms with Crippen LogP contribution in [0.5, 0.6) is 0 Å². The van der Waals surface area contributed by atoms with Gasteiger partial charge in [0, 0.05) is 31.2 Å². The average Bonchev–Trinajstić information content (AvgIpc) is 3.64. The van der Waals surface area contributed by atoms with Crippen LogP contribution < -0.4 is 15.1 Å². The van der Waals surface area contributed by atoms with E-state index in [0.717, 1.165) is 84.6 Å². The molecule has 4 aliphatic rings. The minimum atomic E-state index is -0.167. The molecule has 8 nitrogen and oxygen atoms in total. The number of hydrogen-bond donors (Lipinski definition) is 2. The van der Waals surface area contributed by atoms with Gasteiger partial charge in [0.2, 0.25) is 5.91 Å². The van der Waals surface area contributed by atoms with Crippen LogP contribution in [0.15, 0.2) is 46.5 Å². The van der Waals surface area contributed by atoms with Crippen LogP contribution in [-0.2, 0) is 24.2 Å². The summed E-state index contributed by atoms with van der Waals surface area (Å²) in [5, 5.41) is 14.1. The Morgan fingerprint density at radius 3 is 2.38 bits per heavy atom. The molecule has 2 aliphatic carbocycles. The number of fused-ring (bicyclic) bond motifs is 2. The fraction of sp³-hybridized carbons (Fsp3) is 0.467. The van der Waals surface area contributed by atoms with Crippen molar-refractivity contribution in [1.29, 1.82) is 0 Å². The lowest BCUT2D eigenvalue weighted by molar-refractivity contribution is -0.116. The molecule has 0 atom stereocenters. The zero-order chi connectivity index (χ0) is 26.8. The van der Waals surface area contributed by atoms with Gasteiger partial charge >= 0.3 is 0 Å². The highest BCUT2D eigenvalue weighted by atomic mass is 32.2. The zero-order valence-electron chi connectivity index (χ0n) is 22.5. The van der Waals surface area contributed by atoms with Crippen LogP contribution in [-0.4, -0.2) is 51.6 Å². The Bertz CT molecular complexity index is 1440. The number of carbonyl (C=O) groups excluding carboxylic acids is 1. The minimum absolute atomic E-state index is 0.0235. The summed E-state index contributed by atoms with van der Waals surface area (Å²) in [5.41, 5.74) is 5.39. The standard InChI is InChI=1S/C30H34N6O2S/c1-19-28(39-23-7-12-31-27-25(23)34-24(38)17-30(8-9-30)35(27)2)33-22(18-37)26(32-19)36-13-10-29(11-14-36)15-20-5-3-4-6-21(20)16-29/h3-7,12,37H,8-11,13-18H2,1-2H3,(H,34,38). The van der Waals surface area contributed by atoms with Crippen molar-refractivity contribution in [2.24, 2.45) is 5.41 Å². The number of hydrogen-bond acceptors (Lipinski definition) is 8. The Kier molecular flexibility index (Phi) is 5.86. The van der Waals surface area contributed by atoms with Crippen molar-refractivity contribution in [2.75, 3.05) is 35.3 Å². The first-order valence-corrected chi connectivity index (χ1v) is 14.7. The molecule has 2 aliphatic heterocycles. The fourth-order valence-corrected chi connectivity index (χ4v) is 7.71. The summed E-state index contributed by atoms with van der Waals surface area (Å²) in [5.74, 6) is 1.61. The van der Waals surface area contributed by atoms with E-state index in [4.69, 9.17) is 9.97 Å². The van der Waals surface area contributed by atoms with Crippen molar-refractivity contribution in [1.82, 2.24) is 15.0 Å². The van der Waals surface area contributed by atoms with E-state index in [1.807, 2.05) is 20.0 Å². The van der Waals surface area contributed by atoms with Crippen LogP contribution in [0.25, 0.3) is 0 Å². The Labute approximate surface area is 233 Å². The highest BCUT2D eigenvalue weighted by Gasteiger charge is 2.51. The molecule has 2 N–H and O–H groups in total. The second kappa shape index (κ2) is 9.20. The molecule has 4 heterocycles. The third-order valence-electron chi connectivity index (χ3n) is 9.31. The normalized spacial score (nSPS) is 20.5. The van der Waals surface area contributed by atoms with Crippen LogP contribution >= 0.6 is 11.8 Å². The maximum absolute atomic E-state index is 12.8. The zero-order valence-corrected chi connectivity index (χ0v) is 23.4. The lowest BCUT2D eigenvalue weighted by atomic mass is 9.76. The summed E-state index contributed by atoms with van der Waals surface area (Å²) < 4.78 is 0. The van der Waals surface area contributed by atoms with E-state index in [0.29, 0.717) is 17.5 Å². The SMILES string of the molecule is Cc1nc(N2CCC3(CC2)Cc2ccccc2C3)c(CO)nc1Sc1ccnc2c1NC(=O)CC1(CC1)N2C. The molecule has 1 aromatic carbocycles. The second-order valence-corrected chi connectivity index (χ2v) is 12.8. The molecular formula is C30H34N6O2S. The third kappa shape index (κ3) is 4.26. The maximum atomic E-state index is 12.8. The third-order valence-corrected chi connectivity index (χ3v) is 10.5. The van der Waals surface area contributed by atoms with Crippen molar-refractivity contribution >= 4 is 35.0 Å². The van der Waals surface area contributed by atoms with Gasteiger partial charge in [-0.2, -0.15) is 0 Å². The maximum Gasteiger partial charge on any atom is 0.226 e. The number of carbonyl (C=O) groups is 1. The number of pyridine rings is 1. The van der Waals surface area contributed by atoms with Gasteiger partial charge < -0.3 is 20.2 Å². The summed E-state index contributed by atoms with van der Waals surface area (Å²) in [6.45, 7) is 3.64. The van der Waals surface area contributed by atoms with Gasteiger partial charge in [0.15, 0.2) is 11.6 Å². The number of aromatic nitrogens is 3. The van der Waals surface area contributed by atoms with E-state index in [9.17, 15) is 9.90 Å². The van der Waals surface area contributed by atoms with E-state index < -0.39 is 0 Å². The van der Waals surface area contributed by atoms with Crippen molar-refractivity contribution in [3.63, 3.8) is 0 Å². The first kappa shape index (κ1) is 24.8. The molecular weight excluding hydrogens is 508 g/mol. The van der Waals surface area contributed by atoms with Gasteiger partial charge in [0.25, 0.3) is 0 Å². The van der Waals surface area contributed by atoms with E-state index >= 15 is 0 Å². The number of amides is 1. The van der Waals surface area contributed by atoms with Gasteiger partial charge in [0.05, 0.1) is 29.9 Å².